The smallest absolute Gasteiger partial charge is 0.00965 e. The maximum Gasteiger partial charge on any atom is 0.00965 e. The summed E-state index contributed by atoms with van der Waals surface area (Å²) in [4.78, 5) is 2.65. The van der Waals surface area contributed by atoms with Gasteiger partial charge in [0.1, 0.15) is 0 Å². The quantitative estimate of drug-likeness (QED) is 0.622. The van der Waals surface area contributed by atoms with Crippen LogP contribution in [0.3, 0.4) is 0 Å². The van der Waals surface area contributed by atoms with Crippen molar-refractivity contribution in [2.45, 2.75) is 53.0 Å². The van der Waals surface area contributed by atoms with Crippen LogP contribution in [0.2, 0.25) is 0 Å². The fourth-order valence-corrected chi connectivity index (χ4v) is 2.15. The van der Waals surface area contributed by atoms with Crippen LogP contribution in [-0.4, -0.2) is 37.1 Å². The van der Waals surface area contributed by atoms with Gasteiger partial charge in [-0.15, -0.1) is 0 Å². The standard InChI is InChI=1S/C13H28N2/c1-5-9-14-10-13(3,4)11-15(6-2)12-7-8-12/h12,14H,5-11H2,1-4H3. The Morgan fingerprint density at radius 2 is 1.93 bits per heavy atom. The molecule has 1 fully saturated rings. The van der Waals surface area contributed by atoms with E-state index < -0.39 is 0 Å². The van der Waals surface area contributed by atoms with Gasteiger partial charge in [0.25, 0.3) is 0 Å². The van der Waals surface area contributed by atoms with E-state index in [1.54, 1.807) is 0 Å². The summed E-state index contributed by atoms with van der Waals surface area (Å²) in [5.74, 6) is 0. The van der Waals surface area contributed by atoms with E-state index in [2.05, 4.69) is 37.9 Å². The Morgan fingerprint density at radius 3 is 2.40 bits per heavy atom. The molecule has 0 amide bonds. The number of nitrogens with one attached hydrogen (secondary N) is 1. The molecule has 1 aliphatic rings. The van der Waals surface area contributed by atoms with Crippen LogP contribution in [0.1, 0.15) is 47.0 Å². The van der Waals surface area contributed by atoms with Gasteiger partial charge >= 0.3 is 0 Å². The van der Waals surface area contributed by atoms with Crippen molar-refractivity contribution in [2.24, 2.45) is 5.41 Å². The zero-order chi connectivity index (χ0) is 11.3. The van der Waals surface area contributed by atoms with Crippen LogP contribution >= 0.6 is 0 Å². The van der Waals surface area contributed by atoms with E-state index in [1.165, 1.54) is 32.4 Å². The molecule has 0 heterocycles. The molecule has 2 heteroatoms. The van der Waals surface area contributed by atoms with Gasteiger partial charge in [-0.25, -0.2) is 0 Å². The molecule has 0 aliphatic heterocycles. The molecule has 0 spiro atoms. The Kier molecular flexibility index (Phi) is 5.07. The van der Waals surface area contributed by atoms with Crippen LogP contribution < -0.4 is 5.32 Å². The van der Waals surface area contributed by atoms with Gasteiger partial charge in [-0.2, -0.15) is 0 Å². The van der Waals surface area contributed by atoms with Crippen molar-refractivity contribution in [3.8, 4) is 0 Å². The molecule has 0 aromatic heterocycles. The number of rotatable bonds is 8. The highest BCUT2D eigenvalue weighted by molar-refractivity contribution is 4.87. The van der Waals surface area contributed by atoms with Crippen LogP contribution in [0.25, 0.3) is 0 Å². The molecule has 0 aromatic rings. The first-order valence-corrected chi connectivity index (χ1v) is 6.54. The fraction of sp³-hybridized carbons (Fsp3) is 1.00. The number of hydrogen-bond acceptors (Lipinski definition) is 2. The van der Waals surface area contributed by atoms with Crippen molar-refractivity contribution >= 4 is 0 Å². The molecular formula is C13H28N2. The predicted octanol–water partition coefficient (Wildman–Crippen LogP) is 2.50. The molecular weight excluding hydrogens is 184 g/mol. The van der Waals surface area contributed by atoms with Crippen molar-refractivity contribution in [2.75, 3.05) is 26.2 Å². The van der Waals surface area contributed by atoms with Crippen molar-refractivity contribution in [1.29, 1.82) is 0 Å². The maximum atomic E-state index is 3.54. The summed E-state index contributed by atoms with van der Waals surface area (Å²) in [5.41, 5.74) is 0.410. The van der Waals surface area contributed by atoms with Crippen LogP contribution in [0.15, 0.2) is 0 Å². The van der Waals surface area contributed by atoms with E-state index >= 15 is 0 Å². The molecule has 1 rings (SSSR count). The Labute approximate surface area is 95.4 Å². The van der Waals surface area contributed by atoms with Gasteiger partial charge in [0.15, 0.2) is 0 Å². The molecule has 0 aromatic carbocycles. The second kappa shape index (κ2) is 5.86. The predicted molar refractivity (Wildman–Crippen MR) is 67.2 cm³/mol. The Morgan fingerprint density at radius 1 is 1.27 bits per heavy atom. The summed E-state index contributed by atoms with van der Waals surface area (Å²) in [5, 5.41) is 3.54. The van der Waals surface area contributed by atoms with Crippen molar-refractivity contribution in [1.82, 2.24) is 10.2 Å². The minimum atomic E-state index is 0.410. The third kappa shape index (κ3) is 4.98. The largest absolute Gasteiger partial charge is 0.316 e. The van der Waals surface area contributed by atoms with E-state index in [0.717, 1.165) is 19.1 Å². The highest BCUT2D eigenvalue weighted by atomic mass is 15.2. The number of hydrogen-bond donors (Lipinski definition) is 1. The Bertz CT molecular complexity index is 173. The van der Waals surface area contributed by atoms with Gasteiger partial charge in [0.05, 0.1) is 0 Å². The lowest BCUT2D eigenvalue weighted by Crippen LogP contribution is -2.41. The van der Waals surface area contributed by atoms with E-state index in [0.29, 0.717) is 5.41 Å². The zero-order valence-corrected chi connectivity index (χ0v) is 11.0. The van der Waals surface area contributed by atoms with Gasteiger partial charge in [-0.1, -0.05) is 27.7 Å². The topological polar surface area (TPSA) is 15.3 Å². The van der Waals surface area contributed by atoms with Gasteiger partial charge < -0.3 is 10.2 Å². The van der Waals surface area contributed by atoms with Crippen LogP contribution in [0, 0.1) is 5.41 Å². The molecule has 0 bridgehead atoms. The van der Waals surface area contributed by atoms with Crippen molar-refractivity contribution in [3.05, 3.63) is 0 Å². The molecule has 1 N–H and O–H groups in total. The average Bonchev–Trinajstić information content (AvgIpc) is 2.98. The number of nitrogens with zero attached hydrogens (tertiary/aromatic N) is 1. The molecule has 90 valence electrons. The molecule has 1 aliphatic carbocycles. The Balaban J connectivity index is 2.25. The minimum absolute atomic E-state index is 0.410. The summed E-state index contributed by atoms with van der Waals surface area (Å²) in [6, 6.07) is 0.903. The normalized spacial score (nSPS) is 17.4. The van der Waals surface area contributed by atoms with E-state index in [1.807, 2.05) is 0 Å². The molecule has 1 saturated carbocycles. The van der Waals surface area contributed by atoms with Crippen LogP contribution in [0.4, 0.5) is 0 Å². The first kappa shape index (κ1) is 13.0. The third-order valence-electron chi connectivity index (χ3n) is 3.13. The van der Waals surface area contributed by atoms with Gasteiger partial charge in [0.2, 0.25) is 0 Å². The molecule has 0 radical (unpaired) electrons. The highest BCUT2D eigenvalue weighted by Crippen LogP contribution is 2.29. The summed E-state index contributed by atoms with van der Waals surface area (Å²) < 4.78 is 0. The van der Waals surface area contributed by atoms with Gasteiger partial charge in [-0.3, -0.25) is 0 Å². The van der Waals surface area contributed by atoms with Crippen molar-refractivity contribution in [3.63, 3.8) is 0 Å². The van der Waals surface area contributed by atoms with Crippen LogP contribution in [0.5, 0.6) is 0 Å². The average molecular weight is 212 g/mol. The monoisotopic (exact) mass is 212 g/mol. The van der Waals surface area contributed by atoms with Gasteiger partial charge in [0, 0.05) is 19.1 Å². The molecule has 15 heavy (non-hydrogen) atoms. The zero-order valence-electron chi connectivity index (χ0n) is 11.0. The van der Waals surface area contributed by atoms with Gasteiger partial charge in [-0.05, 0) is 37.8 Å². The second-order valence-electron chi connectivity index (χ2n) is 5.64. The lowest BCUT2D eigenvalue weighted by atomic mass is 9.92. The first-order valence-electron chi connectivity index (χ1n) is 6.54. The second-order valence-corrected chi connectivity index (χ2v) is 5.64. The van der Waals surface area contributed by atoms with E-state index in [9.17, 15) is 0 Å². The van der Waals surface area contributed by atoms with Crippen molar-refractivity contribution < 1.29 is 0 Å². The molecule has 0 saturated heterocycles. The molecule has 2 nitrogen and oxygen atoms in total. The summed E-state index contributed by atoms with van der Waals surface area (Å²) in [7, 11) is 0. The minimum Gasteiger partial charge on any atom is -0.316 e. The lowest BCUT2D eigenvalue weighted by molar-refractivity contribution is 0.174. The van der Waals surface area contributed by atoms with E-state index in [4.69, 9.17) is 0 Å². The maximum absolute atomic E-state index is 3.54. The molecule has 0 atom stereocenters. The summed E-state index contributed by atoms with van der Waals surface area (Å²) in [6.07, 6.45) is 4.08. The third-order valence-corrected chi connectivity index (χ3v) is 3.13. The first-order chi connectivity index (χ1) is 7.09. The Hall–Kier alpha value is -0.0800. The van der Waals surface area contributed by atoms with Crippen LogP contribution in [-0.2, 0) is 0 Å². The molecule has 0 unspecified atom stereocenters. The lowest BCUT2D eigenvalue weighted by Gasteiger charge is -2.32. The summed E-state index contributed by atoms with van der Waals surface area (Å²) in [6.45, 7) is 14.0. The highest BCUT2D eigenvalue weighted by Gasteiger charge is 2.31. The SMILES string of the molecule is CCCNCC(C)(C)CN(CC)C1CC1. The van der Waals surface area contributed by atoms with E-state index in [-0.39, 0.29) is 0 Å². The summed E-state index contributed by atoms with van der Waals surface area (Å²) >= 11 is 0. The fourth-order valence-electron chi connectivity index (χ4n) is 2.15.